The van der Waals surface area contributed by atoms with Crippen molar-refractivity contribution in [2.24, 2.45) is 5.41 Å². The fourth-order valence-corrected chi connectivity index (χ4v) is 3.75. The van der Waals surface area contributed by atoms with Crippen LogP contribution in [0.4, 0.5) is 0 Å². The molecule has 1 N–H and O–H groups in total. The topological polar surface area (TPSA) is 21.3 Å². The normalized spacial score (nSPS) is 24.2. The minimum absolute atomic E-state index is 0.304. The summed E-state index contributed by atoms with van der Waals surface area (Å²) in [6.45, 7) is 7.94. The van der Waals surface area contributed by atoms with Crippen LogP contribution in [0.3, 0.4) is 0 Å². The smallest absolute Gasteiger partial charge is 0.119 e. The van der Waals surface area contributed by atoms with E-state index in [2.05, 4.69) is 72.9 Å². The van der Waals surface area contributed by atoms with Crippen molar-refractivity contribution in [1.82, 2.24) is 5.32 Å². The van der Waals surface area contributed by atoms with Crippen LogP contribution in [0.2, 0.25) is 0 Å². The van der Waals surface area contributed by atoms with E-state index in [0.717, 1.165) is 18.7 Å². The Hall–Kier alpha value is -0.290. The van der Waals surface area contributed by atoms with Crippen LogP contribution in [0.1, 0.15) is 46.5 Å². The first-order valence-corrected chi connectivity index (χ1v) is 8.89. The summed E-state index contributed by atoms with van der Waals surface area (Å²) in [5, 5.41) is 3.71. The Morgan fingerprint density at radius 1 is 1.20 bits per heavy atom. The maximum Gasteiger partial charge on any atom is 0.119 e. The molecule has 1 aromatic rings. The summed E-state index contributed by atoms with van der Waals surface area (Å²) in [4.78, 5) is 0. The van der Waals surface area contributed by atoms with Crippen molar-refractivity contribution in [2.45, 2.75) is 58.6 Å². The Morgan fingerprint density at radius 2 is 1.85 bits per heavy atom. The predicted octanol–water partition coefficient (Wildman–Crippen LogP) is 4.62. The van der Waals surface area contributed by atoms with Crippen molar-refractivity contribution in [3.05, 3.63) is 27.8 Å². The van der Waals surface area contributed by atoms with E-state index in [4.69, 9.17) is 4.74 Å². The minimum Gasteiger partial charge on any atom is -0.490 e. The minimum atomic E-state index is 0.304. The number of hydrogen-bond acceptors (Lipinski definition) is 2. The molecule has 1 aliphatic carbocycles. The van der Waals surface area contributed by atoms with Crippen molar-refractivity contribution in [2.75, 3.05) is 6.54 Å². The SMILES string of the molecule is CCCNC1CC(Oc2ccc(I)cc2)C1(CC)CC. The molecule has 3 heteroatoms. The first kappa shape index (κ1) is 16.1. The average Bonchev–Trinajstić information content (AvgIpc) is 2.45. The largest absolute Gasteiger partial charge is 0.490 e. The molecule has 0 saturated heterocycles. The Labute approximate surface area is 136 Å². The molecular formula is C17H26INO. The zero-order valence-electron chi connectivity index (χ0n) is 12.8. The molecule has 2 nitrogen and oxygen atoms in total. The van der Waals surface area contributed by atoms with Gasteiger partial charge in [0.25, 0.3) is 0 Å². The van der Waals surface area contributed by atoms with Crippen LogP contribution in [0.5, 0.6) is 5.75 Å². The Balaban J connectivity index is 2.03. The van der Waals surface area contributed by atoms with Gasteiger partial charge in [-0.25, -0.2) is 0 Å². The van der Waals surface area contributed by atoms with Gasteiger partial charge in [0.15, 0.2) is 0 Å². The standard InChI is InChI=1S/C17H26INO/c1-4-11-19-15-12-16(17(15,5-2)6-3)20-14-9-7-13(18)8-10-14/h7-10,15-16,19H,4-6,11-12H2,1-3H3. The monoisotopic (exact) mass is 387 g/mol. The summed E-state index contributed by atoms with van der Waals surface area (Å²) in [6, 6.07) is 9.02. The molecule has 0 bridgehead atoms. The van der Waals surface area contributed by atoms with E-state index in [-0.39, 0.29) is 0 Å². The van der Waals surface area contributed by atoms with Gasteiger partial charge in [-0.1, -0.05) is 20.8 Å². The second-order valence-corrected chi connectivity index (χ2v) is 6.99. The summed E-state index contributed by atoms with van der Waals surface area (Å²) in [6.07, 6.45) is 5.04. The summed E-state index contributed by atoms with van der Waals surface area (Å²) in [7, 11) is 0. The summed E-state index contributed by atoms with van der Waals surface area (Å²) >= 11 is 2.33. The summed E-state index contributed by atoms with van der Waals surface area (Å²) in [5.74, 6) is 1.01. The van der Waals surface area contributed by atoms with E-state index in [9.17, 15) is 0 Å². The Bertz CT molecular complexity index is 414. The van der Waals surface area contributed by atoms with Crippen LogP contribution in [0, 0.1) is 8.99 Å². The second kappa shape index (κ2) is 7.12. The fourth-order valence-electron chi connectivity index (χ4n) is 3.39. The van der Waals surface area contributed by atoms with E-state index in [0.29, 0.717) is 17.6 Å². The molecule has 1 aromatic carbocycles. The van der Waals surface area contributed by atoms with Crippen molar-refractivity contribution in [1.29, 1.82) is 0 Å². The molecule has 0 spiro atoms. The van der Waals surface area contributed by atoms with Gasteiger partial charge >= 0.3 is 0 Å². The van der Waals surface area contributed by atoms with Gasteiger partial charge in [-0.05, 0) is 72.7 Å². The average molecular weight is 387 g/mol. The van der Waals surface area contributed by atoms with Crippen LogP contribution < -0.4 is 10.1 Å². The maximum atomic E-state index is 6.27. The third-order valence-corrected chi connectivity index (χ3v) is 5.55. The number of halogens is 1. The number of rotatable bonds is 7. The summed E-state index contributed by atoms with van der Waals surface area (Å²) < 4.78 is 7.52. The lowest BCUT2D eigenvalue weighted by atomic mass is 9.58. The Kier molecular flexibility index (Phi) is 5.73. The van der Waals surface area contributed by atoms with Crippen LogP contribution in [0.25, 0.3) is 0 Å². The number of ether oxygens (including phenoxy) is 1. The van der Waals surface area contributed by atoms with E-state index in [1.54, 1.807) is 0 Å². The van der Waals surface area contributed by atoms with Crippen molar-refractivity contribution < 1.29 is 4.74 Å². The van der Waals surface area contributed by atoms with Gasteiger partial charge < -0.3 is 10.1 Å². The third-order valence-electron chi connectivity index (χ3n) is 4.83. The molecule has 1 aliphatic rings. The molecule has 0 aliphatic heterocycles. The lowest BCUT2D eigenvalue weighted by Crippen LogP contribution is -2.64. The van der Waals surface area contributed by atoms with Crippen molar-refractivity contribution >= 4 is 22.6 Å². The molecule has 1 saturated carbocycles. The van der Waals surface area contributed by atoms with Gasteiger partial charge in [0, 0.05) is 21.4 Å². The van der Waals surface area contributed by atoms with Crippen LogP contribution in [0.15, 0.2) is 24.3 Å². The highest BCUT2D eigenvalue weighted by atomic mass is 127. The molecule has 1 fully saturated rings. The summed E-state index contributed by atoms with van der Waals surface area (Å²) in [5.41, 5.74) is 0.304. The van der Waals surface area contributed by atoms with Crippen LogP contribution in [-0.4, -0.2) is 18.7 Å². The fraction of sp³-hybridized carbons (Fsp3) is 0.647. The lowest BCUT2D eigenvalue weighted by molar-refractivity contribution is -0.0858. The van der Waals surface area contributed by atoms with Gasteiger partial charge in [-0.2, -0.15) is 0 Å². The van der Waals surface area contributed by atoms with E-state index < -0.39 is 0 Å². The Morgan fingerprint density at radius 3 is 2.40 bits per heavy atom. The molecule has 2 unspecified atom stereocenters. The molecule has 112 valence electrons. The lowest BCUT2D eigenvalue weighted by Gasteiger charge is -2.55. The number of benzene rings is 1. The predicted molar refractivity (Wildman–Crippen MR) is 93.3 cm³/mol. The highest BCUT2D eigenvalue weighted by Gasteiger charge is 2.53. The second-order valence-electron chi connectivity index (χ2n) is 5.74. The van der Waals surface area contributed by atoms with Crippen LogP contribution in [-0.2, 0) is 0 Å². The molecule has 0 amide bonds. The first-order chi connectivity index (χ1) is 9.66. The van der Waals surface area contributed by atoms with E-state index >= 15 is 0 Å². The van der Waals surface area contributed by atoms with Gasteiger partial charge in [-0.15, -0.1) is 0 Å². The molecule has 0 radical (unpaired) electrons. The zero-order valence-corrected chi connectivity index (χ0v) is 14.9. The molecule has 2 rings (SSSR count). The third kappa shape index (κ3) is 3.14. The van der Waals surface area contributed by atoms with Crippen molar-refractivity contribution in [3.63, 3.8) is 0 Å². The molecule has 20 heavy (non-hydrogen) atoms. The van der Waals surface area contributed by atoms with E-state index in [1.807, 2.05) is 0 Å². The number of nitrogens with one attached hydrogen (secondary N) is 1. The first-order valence-electron chi connectivity index (χ1n) is 7.81. The van der Waals surface area contributed by atoms with Gasteiger partial charge in [-0.3, -0.25) is 0 Å². The molecule has 0 aromatic heterocycles. The quantitative estimate of drug-likeness (QED) is 0.690. The van der Waals surface area contributed by atoms with Gasteiger partial charge in [0.1, 0.15) is 11.9 Å². The van der Waals surface area contributed by atoms with Gasteiger partial charge in [0.2, 0.25) is 0 Å². The number of hydrogen-bond donors (Lipinski definition) is 1. The van der Waals surface area contributed by atoms with Crippen LogP contribution >= 0.6 is 22.6 Å². The highest BCUT2D eigenvalue weighted by Crippen LogP contribution is 2.49. The van der Waals surface area contributed by atoms with E-state index in [1.165, 1.54) is 22.8 Å². The van der Waals surface area contributed by atoms with Crippen molar-refractivity contribution in [3.8, 4) is 5.75 Å². The molecule has 2 atom stereocenters. The molecule has 0 heterocycles. The van der Waals surface area contributed by atoms with Gasteiger partial charge in [0.05, 0.1) is 0 Å². The highest BCUT2D eigenvalue weighted by molar-refractivity contribution is 14.1. The maximum absolute atomic E-state index is 6.27. The molecular weight excluding hydrogens is 361 g/mol. The zero-order chi connectivity index (χ0) is 14.6.